The fourth-order valence-electron chi connectivity index (χ4n) is 2.18. The van der Waals surface area contributed by atoms with Gasteiger partial charge in [0.15, 0.2) is 5.82 Å². The van der Waals surface area contributed by atoms with Crippen molar-refractivity contribution in [2.24, 2.45) is 0 Å². The van der Waals surface area contributed by atoms with Gasteiger partial charge in [-0.25, -0.2) is 0 Å². The van der Waals surface area contributed by atoms with Crippen molar-refractivity contribution in [2.45, 2.75) is 0 Å². The van der Waals surface area contributed by atoms with Gasteiger partial charge in [0, 0.05) is 24.5 Å². The van der Waals surface area contributed by atoms with Crippen LogP contribution in [0.2, 0.25) is 0 Å². The van der Waals surface area contributed by atoms with Crippen molar-refractivity contribution in [3.8, 4) is 22.4 Å². The summed E-state index contributed by atoms with van der Waals surface area (Å²) in [6.07, 6.45) is 0. The number of rotatable bonds is 2. The lowest BCUT2D eigenvalue weighted by atomic mass is 10.0. The number of anilines is 1. The second kappa shape index (κ2) is 5.94. The Kier molecular flexibility index (Phi) is 4.19. The molecule has 0 radical (unpaired) electrons. The Bertz CT molecular complexity index is 812. The zero-order valence-corrected chi connectivity index (χ0v) is 15.5. The number of nitrogens with one attached hydrogen (secondary N) is 1. The van der Waals surface area contributed by atoms with Gasteiger partial charge < -0.3 is 5.73 Å². The molecule has 3 N–H and O–H groups in total. The minimum Gasteiger partial charge on any atom is -0.382 e. The average molecular weight is 472 g/mol. The molecule has 3 rings (SSSR count). The number of nitrogen functional groups attached to an aromatic ring is 1. The molecule has 0 bridgehead atoms. The van der Waals surface area contributed by atoms with Crippen molar-refractivity contribution in [3.63, 3.8) is 0 Å². The number of benzene rings is 2. The first-order valence-electron chi connectivity index (χ1n) is 6.12. The second-order valence-electron chi connectivity index (χ2n) is 4.46. The molecule has 1 aromatic heterocycles. The minimum absolute atomic E-state index is 0.476. The van der Waals surface area contributed by atoms with E-state index in [0.717, 1.165) is 35.8 Å². The lowest BCUT2D eigenvalue weighted by Gasteiger charge is -2.09. The van der Waals surface area contributed by atoms with Crippen molar-refractivity contribution in [1.29, 1.82) is 0 Å². The number of halogens is 3. The van der Waals surface area contributed by atoms with Crippen LogP contribution in [0.4, 0.5) is 5.82 Å². The fraction of sp³-hybridized carbons (Fsp3) is 0. The predicted octanol–water partition coefficient (Wildman–Crippen LogP) is 5.61. The Morgan fingerprint density at radius 1 is 0.905 bits per heavy atom. The Balaban J connectivity index is 2.27. The summed E-state index contributed by atoms with van der Waals surface area (Å²) < 4.78 is 2.94. The molecule has 0 aliphatic rings. The Morgan fingerprint density at radius 2 is 1.62 bits per heavy atom. The van der Waals surface area contributed by atoms with Crippen LogP contribution in [-0.4, -0.2) is 10.2 Å². The number of nitrogens with two attached hydrogens (primary N) is 1. The summed E-state index contributed by atoms with van der Waals surface area (Å²) in [4.78, 5) is 0. The summed E-state index contributed by atoms with van der Waals surface area (Å²) in [6, 6.07) is 13.9. The van der Waals surface area contributed by atoms with Gasteiger partial charge in [-0.3, -0.25) is 5.10 Å². The third-order valence-electron chi connectivity index (χ3n) is 3.14. The molecule has 21 heavy (non-hydrogen) atoms. The van der Waals surface area contributed by atoms with E-state index in [2.05, 4.69) is 58.0 Å². The molecule has 0 saturated carbocycles. The van der Waals surface area contributed by atoms with E-state index in [1.807, 2.05) is 42.5 Å². The maximum absolute atomic E-state index is 6.08. The van der Waals surface area contributed by atoms with Gasteiger partial charge in [-0.1, -0.05) is 66.0 Å². The van der Waals surface area contributed by atoms with E-state index in [1.54, 1.807) is 0 Å². The molecule has 0 saturated heterocycles. The smallest absolute Gasteiger partial charge is 0.153 e. The molecular formula is C15H10Br3N3. The predicted molar refractivity (Wildman–Crippen MR) is 97.0 cm³/mol. The van der Waals surface area contributed by atoms with E-state index < -0.39 is 0 Å². The van der Waals surface area contributed by atoms with Gasteiger partial charge in [0.25, 0.3) is 0 Å². The number of nitrogens with zero attached hydrogens (tertiary/aromatic N) is 1. The van der Waals surface area contributed by atoms with Crippen molar-refractivity contribution < 1.29 is 0 Å². The quantitative estimate of drug-likeness (QED) is 0.510. The highest BCUT2D eigenvalue weighted by atomic mass is 79.9. The van der Waals surface area contributed by atoms with Crippen molar-refractivity contribution in [2.75, 3.05) is 5.73 Å². The maximum atomic E-state index is 6.08. The minimum atomic E-state index is 0.476. The van der Waals surface area contributed by atoms with Crippen molar-refractivity contribution in [3.05, 3.63) is 55.9 Å². The molecule has 0 spiro atoms. The molecule has 2 aromatic carbocycles. The summed E-state index contributed by atoms with van der Waals surface area (Å²) >= 11 is 10.7. The molecule has 3 nitrogen and oxygen atoms in total. The van der Waals surface area contributed by atoms with Crippen molar-refractivity contribution in [1.82, 2.24) is 10.2 Å². The van der Waals surface area contributed by atoms with E-state index in [4.69, 9.17) is 5.73 Å². The zero-order valence-electron chi connectivity index (χ0n) is 10.7. The third-order valence-corrected chi connectivity index (χ3v) is 5.01. The number of aromatic amines is 1. The molecule has 0 atom stereocenters. The van der Waals surface area contributed by atoms with E-state index in [1.165, 1.54) is 0 Å². The normalized spacial score (nSPS) is 10.8. The van der Waals surface area contributed by atoms with Crippen LogP contribution in [0.1, 0.15) is 0 Å². The maximum Gasteiger partial charge on any atom is 0.153 e. The first kappa shape index (κ1) is 14.8. The van der Waals surface area contributed by atoms with Gasteiger partial charge in [-0.15, -0.1) is 0 Å². The monoisotopic (exact) mass is 469 g/mol. The summed E-state index contributed by atoms with van der Waals surface area (Å²) in [7, 11) is 0. The molecule has 106 valence electrons. The molecule has 6 heteroatoms. The molecular weight excluding hydrogens is 462 g/mol. The Morgan fingerprint density at radius 3 is 2.38 bits per heavy atom. The summed E-state index contributed by atoms with van der Waals surface area (Å²) in [5, 5.41) is 7.21. The summed E-state index contributed by atoms with van der Waals surface area (Å²) in [5.74, 6) is 0.476. The van der Waals surface area contributed by atoms with Crippen LogP contribution in [0.15, 0.2) is 55.9 Å². The van der Waals surface area contributed by atoms with Crippen LogP contribution in [0.25, 0.3) is 22.4 Å². The van der Waals surface area contributed by atoms with Crippen LogP contribution in [0.5, 0.6) is 0 Å². The number of aromatic nitrogens is 2. The second-order valence-corrected chi connectivity index (χ2v) is 7.09. The van der Waals surface area contributed by atoms with Crippen LogP contribution in [0.3, 0.4) is 0 Å². The molecule has 0 aliphatic carbocycles. The first-order chi connectivity index (χ1) is 10.1. The first-order valence-corrected chi connectivity index (χ1v) is 8.50. The topological polar surface area (TPSA) is 54.7 Å². The highest BCUT2D eigenvalue weighted by Gasteiger charge is 2.18. The molecule has 0 amide bonds. The van der Waals surface area contributed by atoms with E-state index >= 15 is 0 Å². The van der Waals surface area contributed by atoms with Crippen LogP contribution >= 0.6 is 47.8 Å². The molecule has 0 fully saturated rings. The summed E-state index contributed by atoms with van der Waals surface area (Å²) in [6.45, 7) is 0. The third kappa shape index (κ3) is 2.80. The van der Waals surface area contributed by atoms with Gasteiger partial charge in [0.2, 0.25) is 0 Å². The van der Waals surface area contributed by atoms with Gasteiger partial charge in [0.05, 0.1) is 11.3 Å². The van der Waals surface area contributed by atoms with Gasteiger partial charge in [0.1, 0.15) is 0 Å². The van der Waals surface area contributed by atoms with Crippen LogP contribution < -0.4 is 5.73 Å². The van der Waals surface area contributed by atoms with E-state index in [-0.39, 0.29) is 0 Å². The molecule has 1 heterocycles. The number of hydrogen-bond donors (Lipinski definition) is 2. The fourth-order valence-corrected chi connectivity index (χ4v) is 3.47. The van der Waals surface area contributed by atoms with Gasteiger partial charge >= 0.3 is 0 Å². The Labute approximate surface area is 147 Å². The number of hydrogen-bond acceptors (Lipinski definition) is 2. The average Bonchev–Trinajstić information content (AvgIpc) is 2.84. The lowest BCUT2D eigenvalue weighted by molar-refractivity contribution is 1.10. The SMILES string of the molecule is Nc1n[nH]c(-c2cc(Br)ccc2Br)c1-c1ccccc1Br. The van der Waals surface area contributed by atoms with E-state index in [9.17, 15) is 0 Å². The van der Waals surface area contributed by atoms with Crippen LogP contribution in [0, 0.1) is 0 Å². The zero-order chi connectivity index (χ0) is 15.0. The van der Waals surface area contributed by atoms with E-state index in [0.29, 0.717) is 5.82 Å². The van der Waals surface area contributed by atoms with Gasteiger partial charge in [-0.05, 0) is 24.3 Å². The standard InChI is InChI=1S/C15H10Br3N3/c16-8-5-6-12(18)10(7-8)14-13(15(19)21-20-14)9-3-1-2-4-11(9)17/h1-7H,(H3,19,20,21). The molecule has 0 aliphatic heterocycles. The van der Waals surface area contributed by atoms with Crippen LogP contribution in [-0.2, 0) is 0 Å². The molecule has 3 aromatic rings. The highest BCUT2D eigenvalue weighted by Crippen LogP contribution is 2.41. The molecule has 0 unspecified atom stereocenters. The summed E-state index contributed by atoms with van der Waals surface area (Å²) in [5.41, 5.74) is 9.85. The lowest BCUT2D eigenvalue weighted by Crippen LogP contribution is -1.90. The highest BCUT2D eigenvalue weighted by molar-refractivity contribution is 9.11. The van der Waals surface area contributed by atoms with Crippen molar-refractivity contribution >= 4 is 53.6 Å². The Hall–Kier alpha value is -1.11. The number of H-pyrrole nitrogens is 1. The largest absolute Gasteiger partial charge is 0.382 e. The van der Waals surface area contributed by atoms with Gasteiger partial charge in [-0.2, -0.15) is 5.10 Å².